The third kappa shape index (κ3) is 2.55. The van der Waals surface area contributed by atoms with Gasteiger partial charge in [0.05, 0.1) is 19.3 Å². The van der Waals surface area contributed by atoms with Crippen LogP contribution in [0.4, 0.5) is 10.1 Å². The molecule has 0 saturated carbocycles. The molecule has 1 aromatic carbocycles. The summed E-state index contributed by atoms with van der Waals surface area (Å²) in [6.45, 7) is 0.466. The number of methoxy groups -OCH3 is 1. The zero-order valence-corrected chi connectivity index (χ0v) is 9.77. The largest absolute Gasteiger partial charge is 0.497 e. The summed E-state index contributed by atoms with van der Waals surface area (Å²) >= 11 is 0. The lowest BCUT2D eigenvalue weighted by Gasteiger charge is -2.09. The van der Waals surface area contributed by atoms with Crippen molar-refractivity contribution in [1.82, 2.24) is 9.55 Å². The average Bonchev–Trinajstić information content (AvgIpc) is 2.74. The third-order valence-corrected chi connectivity index (χ3v) is 2.53. The normalized spacial score (nSPS) is 10.3. The Morgan fingerprint density at radius 2 is 2.29 bits per heavy atom. The van der Waals surface area contributed by atoms with Crippen LogP contribution in [0.25, 0.3) is 0 Å². The number of aryl methyl sites for hydroxylation is 1. The summed E-state index contributed by atoms with van der Waals surface area (Å²) in [6.07, 6.45) is 3.55. The Bertz CT molecular complexity index is 510. The van der Waals surface area contributed by atoms with Gasteiger partial charge in [0.15, 0.2) is 0 Å². The van der Waals surface area contributed by atoms with Gasteiger partial charge >= 0.3 is 0 Å². The molecule has 1 aromatic heterocycles. The summed E-state index contributed by atoms with van der Waals surface area (Å²) in [7, 11) is 3.45. The van der Waals surface area contributed by atoms with Crippen molar-refractivity contribution < 1.29 is 9.13 Å². The van der Waals surface area contributed by atoms with E-state index in [0.717, 1.165) is 5.82 Å². The minimum absolute atomic E-state index is 0.306. The number of imidazole rings is 1. The maximum atomic E-state index is 13.5. The van der Waals surface area contributed by atoms with Gasteiger partial charge in [-0.3, -0.25) is 0 Å². The van der Waals surface area contributed by atoms with Crippen LogP contribution < -0.4 is 10.1 Å². The van der Waals surface area contributed by atoms with Gasteiger partial charge in [-0.15, -0.1) is 0 Å². The van der Waals surface area contributed by atoms with Crippen LogP contribution in [0.1, 0.15) is 5.82 Å². The highest BCUT2D eigenvalue weighted by Gasteiger charge is 2.05. The molecule has 0 bridgehead atoms. The number of hydrogen-bond donors (Lipinski definition) is 1. The molecule has 0 fully saturated rings. The molecule has 0 atom stereocenters. The van der Waals surface area contributed by atoms with Crippen molar-refractivity contribution in [2.75, 3.05) is 12.4 Å². The van der Waals surface area contributed by atoms with Crippen LogP contribution in [0.3, 0.4) is 0 Å². The lowest BCUT2D eigenvalue weighted by Crippen LogP contribution is -2.06. The van der Waals surface area contributed by atoms with Gasteiger partial charge in [-0.05, 0) is 12.1 Å². The quantitative estimate of drug-likeness (QED) is 0.882. The molecular weight excluding hydrogens is 221 g/mol. The lowest BCUT2D eigenvalue weighted by atomic mass is 10.3. The second kappa shape index (κ2) is 4.86. The van der Waals surface area contributed by atoms with Crippen molar-refractivity contribution in [1.29, 1.82) is 0 Å². The van der Waals surface area contributed by atoms with Gasteiger partial charge in [0, 0.05) is 25.5 Å². The Kier molecular flexibility index (Phi) is 3.27. The summed E-state index contributed by atoms with van der Waals surface area (Å²) in [6, 6.07) is 4.58. The molecule has 4 nitrogen and oxygen atoms in total. The Labute approximate surface area is 99.1 Å². The minimum Gasteiger partial charge on any atom is -0.497 e. The van der Waals surface area contributed by atoms with E-state index in [1.165, 1.54) is 6.07 Å². The predicted octanol–water partition coefficient (Wildman–Crippen LogP) is 2.18. The van der Waals surface area contributed by atoms with E-state index in [-0.39, 0.29) is 5.82 Å². The summed E-state index contributed by atoms with van der Waals surface area (Å²) in [4.78, 5) is 4.15. The molecule has 90 valence electrons. The summed E-state index contributed by atoms with van der Waals surface area (Å²) in [5, 5.41) is 2.99. The highest BCUT2D eigenvalue weighted by atomic mass is 19.1. The number of hydrogen-bond acceptors (Lipinski definition) is 3. The van der Waals surface area contributed by atoms with Gasteiger partial charge in [-0.25, -0.2) is 9.37 Å². The number of halogens is 1. The molecule has 2 aromatic rings. The zero-order valence-electron chi connectivity index (χ0n) is 9.77. The van der Waals surface area contributed by atoms with E-state index in [0.29, 0.717) is 18.0 Å². The maximum absolute atomic E-state index is 13.5. The van der Waals surface area contributed by atoms with Gasteiger partial charge in [-0.1, -0.05) is 0 Å². The molecule has 1 N–H and O–H groups in total. The molecular formula is C12H14FN3O. The van der Waals surface area contributed by atoms with Gasteiger partial charge in [-0.2, -0.15) is 0 Å². The van der Waals surface area contributed by atoms with E-state index < -0.39 is 0 Å². The van der Waals surface area contributed by atoms with Crippen molar-refractivity contribution in [2.45, 2.75) is 6.54 Å². The molecule has 0 radical (unpaired) electrons. The Balaban J connectivity index is 2.11. The van der Waals surface area contributed by atoms with E-state index in [9.17, 15) is 4.39 Å². The van der Waals surface area contributed by atoms with Crippen molar-refractivity contribution >= 4 is 5.69 Å². The molecule has 2 rings (SSSR count). The third-order valence-electron chi connectivity index (χ3n) is 2.53. The minimum atomic E-state index is -0.306. The first-order valence-electron chi connectivity index (χ1n) is 5.24. The fourth-order valence-electron chi connectivity index (χ4n) is 1.51. The summed E-state index contributed by atoms with van der Waals surface area (Å²) in [5.41, 5.74) is 0.410. The molecule has 17 heavy (non-hydrogen) atoms. The Morgan fingerprint density at radius 1 is 1.47 bits per heavy atom. The Morgan fingerprint density at radius 3 is 2.94 bits per heavy atom. The molecule has 0 saturated heterocycles. The number of aromatic nitrogens is 2. The number of nitrogens with zero attached hydrogens (tertiary/aromatic N) is 2. The molecule has 5 heteroatoms. The van der Waals surface area contributed by atoms with Crippen molar-refractivity contribution in [2.24, 2.45) is 7.05 Å². The Hall–Kier alpha value is -2.04. The zero-order chi connectivity index (χ0) is 12.3. The lowest BCUT2D eigenvalue weighted by molar-refractivity contribution is 0.414. The molecule has 0 aliphatic carbocycles. The molecule has 0 aliphatic rings. The fraction of sp³-hybridized carbons (Fsp3) is 0.250. The summed E-state index contributed by atoms with van der Waals surface area (Å²) in [5.74, 6) is 1.15. The predicted molar refractivity (Wildman–Crippen MR) is 63.5 cm³/mol. The van der Waals surface area contributed by atoms with Crippen LogP contribution in [0, 0.1) is 5.82 Å². The van der Waals surface area contributed by atoms with Gasteiger partial charge in [0.1, 0.15) is 17.4 Å². The molecule has 0 amide bonds. The second-order valence-corrected chi connectivity index (χ2v) is 3.65. The van der Waals surface area contributed by atoms with Crippen molar-refractivity contribution in [3.63, 3.8) is 0 Å². The van der Waals surface area contributed by atoms with Crippen LogP contribution in [0.15, 0.2) is 30.6 Å². The second-order valence-electron chi connectivity index (χ2n) is 3.65. The van der Waals surface area contributed by atoms with E-state index >= 15 is 0 Å². The van der Waals surface area contributed by atoms with Crippen molar-refractivity contribution in [3.8, 4) is 5.75 Å². The van der Waals surface area contributed by atoms with Crippen LogP contribution in [-0.2, 0) is 13.6 Å². The number of nitrogens with one attached hydrogen (secondary N) is 1. The van der Waals surface area contributed by atoms with Crippen LogP contribution in [0.2, 0.25) is 0 Å². The number of benzene rings is 1. The standard InChI is InChI=1S/C12H14FN3O/c1-16-6-5-14-12(16)8-15-11-7-9(17-2)3-4-10(11)13/h3-7,15H,8H2,1-2H3. The van der Waals surface area contributed by atoms with Crippen molar-refractivity contribution in [3.05, 3.63) is 42.2 Å². The first-order chi connectivity index (χ1) is 8.20. The van der Waals surface area contributed by atoms with Crippen LogP contribution in [-0.4, -0.2) is 16.7 Å². The molecule has 0 unspecified atom stereocenters. The van der Waals surface area contributed by atoms with Crippen LogP contribution in [0.5, 0.6) is 5.75 Å². The molecule has 0 spiro atoms. The molecule has 1 heterocycles. The maximum Gasteiger partial charge on any atom is 0.146 e. The van der Waals surface area contributed by atoms with E-state index in [2.05, 4.69) is 10.3 Å². The first kappa shape index (κ1) is 11.4. The van der Waals surface area contributed by atoms with E-state index in [1.807, 2.05) is 17.8 Å². The van der Waals surface area contributed by atoms with Crippen LogP contribution >= 0.6 is 0 Å². The highest BCUT2D eigenvalue weighted by molar-refractivity contribution is 5.49. The smallest absolute Gasteiger partial charge is 0.146 e. The highest BCUT2D eigenvalue weighted by Crippen LogP contribution is 2.21. The average molecular weight is 235 g/mol. The topological polar surface area (TPSA) is 39.1 Å². The number of ether oxygens (including phenoxy) is 1. The van der Waals surface area contributed by atoms with E-state index in [1.54, 1.807) is 25.4 Å². The first-order valence-corrected chi connectivity index (χ1v) is 5.24. The summed E-state index contributed by atoms with van der Waals surface area (Å²) < 4.78 is 20.4. The SMILES string of the molecule is COc1ccc(F)c(NCc2nccn2C)c1. The van der Waals surface area contributed by atoms with E-state index in [4.69, 9.17) is 4.74 Å². The monoisotopic (exact) mass is 235 g/mol. The fourth-order valence-corrected chi connectivity index (χ4v) is 1.51. The number of anilines is 1. The van der Waals surface area contributed by atoms with Gasteiger partial charge < -0.3 is 14.6 Å². The number of rotatable bonds is 4. The van der Waals surface area contributed by atoms with Gasteiger partial charge in [0.25, 0.3) is 0 Å². The van der Waals surface area contributed by atoms with Gasteiger partial charge in [0.2, 0.25) is 0 Å². The molecule has 0 aliphatic heterocycles.